The molecule has 2 N–H and O–H groups in total. The van der Waals surface area contributed by atoms with Crippen LogP contribution in [0.25, 0.3) is 0 Å². The van der Waals surface area contributed by atoms with Crippen molar-refractivity contribution in [2.45, 2.75) is 26.9 Å². The van der Waals surface area contributed by atoms with Gasteiger partial charge in [0.25, 0.3) is 0 Å². The number of aryl methyl sites for hydroxylation is 1. The Bertz CT molecular complexity index is 423. The highest BCUT2D eigenvalue weighted by molar-refractivity contribution is 7.91. The van der Waals surface area contributed by atoms with Crippen molar-refractivity contribution in [3.8, 4) is 0 Å². The van der Waals surface area contributed by atoms with Crippen LogP contribution in [0, 0.1) is 6.92 Å². The van der Waals surface area contributed by atoms with Gasteiger partial charge in [-0.2, -0.15) is 5.10 Å². The molecule has 5 nitrogen and oxygen atoms in total. The first-order valence-corrected chi connectivity index (χ1v) is 6.74. The smallest absolute Gasteiger partial charge is 0.151 e. The second-order valence-electron chi connectivity index (χ2n) is 3.42. The lowest BCUT2D eigenvalue weighted by molar-refractivity contribution is 0.578. The van der Waals surface area contributed by atoms with Crippen LogP contribution < -0.4 is 5.73 Å². The largest absolute Gasteiger partial charge is 0.326 e. The molecule has 0 saturated carbocycles. The summed E-state index contributed by atoms with van der Waals surface area (Å²) in [6.07, 6.45) is 1.69. The highest BCUT2D eigenvalue weighted by Crippen LogP contribution is 2.06. The summed E-state index contributed by atoms with van der Waals surface area (Å²) < 4.78 is 24.3. The molecule has 0 fully saturated rings. The standard InChI is InChI=1S/C9H17N3O2S/c1-3-15(13,14)5-4-12-8(2)9(6-10)7-11-12/h7H,3-6,10H2,1-2H3. The number of nitrogens with two attached hydrogens (primary N) is 1. The number of rotatable bonds is 5. The first kappa shape index (κ1) is 12.2. The number of sulfone groups is 1. The van der Waals surface area contributed by atoms with E-state index in [-0.39, 0.29) is 11.5 Å². The summed E-state index contributed by atoms with van der Waals surface area (Å²) >= 11 is 0. The van der Waals surface area contributed by atoms with E-state index in [0.717, 1.165) is 11.3 Å². The molecule has 1 aromatic heterocycles. The normalized spacial score (nSPS) is 11.9. The van der Waals surface area contributed by atoms with Crippen LogP contribution in [0.3, 0.4) is 0 Å². The van der Waals surface area contributed by atoms with Gasteiger partial charge in [0, 0.05) is 23.6 Å². The van der Waals surface area contributed by atoms with Crippen LogP contribution in [0.5, 0.6) is 0 Å². The number of nitrogens with zero attached hydrogens (tertiary/aromatic N) is 2. The van der Waals surface area contributed by atoms with Crippen LogP contribution in [0.4, 0.5) is 0 Å². The SMILES string of the molecule is CCS(=O)(=O)CCn1ncc(CN)c1C. The average Bonchev–Trinajstić information content (AvgIpc) is 2.57. The van der Waals surface area contributed by atoms with Crippen molar-refractivity contribution in [1.29, 1.82) is 0 Å². The summed E-state index contributed by atoms with van der Waals surface area (Å²) in [5, 5.41) is 4.10. The third-order valence-electron chi connectivity index (χ3n) is 2.48. The molecule has 0 bridgehead atoms. The van der Waals surface area contributed by atoms with Gasteiger partial charge in [-0.25, -0.2) is 8.42 Å². The Hall–Kier alpha value is -0.880. The Labute approximate surface area is 90.2 Å². The lowest BCUT2D eigenvalue weighted by Gasteiger charge is -2.05. The first-order chi connectivity index (χ1) is 7.00. The highest BCUT2D eigenvalue weighted by Gasteiger charge is 2.10. The zero-order chi connectivity index (χ0) is 11.5. The van der Waals surface area contributed by atoms with Gasteiger partial charge in [0.1, 0.15) is 0 Å². The van der Waals surface area contributed by atoms with Crippen molar-refractivity contribution >= 4 is 9.84 Å². The molecule has 0 amide bonds. The van der Waals surface area contributed by atoms with Gasteiger partial charge < -0.3 is 5.73 Å². The predicted octanol–water partition coefficient (Wildman–Crippen LogP) is 0.0849. The molecule has 0 unspecified atom stereocenters. The van der Waals surface area contributed by atoms with Crippen molar-refractivity contribution in [3.05, 3.63) is 17.5 Å². The molecule has 1 heterocycles. The zero-order valence-corrected chi connectivity index (χ0v) is 9.92. The van der Waals surface area contributed by atoms with Crippen LogP contribution in [-0.2, 0) is 22.9 Å². The molecule has 1 rings (SSSR count). The Kier molecular flexibility index (Phi) is 3.87. The van der Waals surface area contributed by atoms with Gasteiger partial charge in [-0.15, -0.1) is 0 Å². The van der Waals surface area contributed by atoms with Crippen molar-refractivity contribution in [2.75, 3.05) is 11.5 Å². The molecule has 0 atom stereocenters. The van der Waals surface area contributed by atoms with Crippen molar-refractivity contribution in [2.24, 2.45) is 5.73 Å². The summed E-state index contributed by atoms with van der Waals surface area (Å²) in [6, 6.07) is 0. The van der Waals surface area contributed by atoms with E-state index in [1.165, 1.54) is 0 Å². The molecule has 0 aromatic carbocycles. The van der Waals surface area contributed by atoms with Crippen LogP contribution in [0.15, 0.2) is 6.20 Å². The number of hydrogen-bond acceptors (Lipinski definition) is 4. The lowest BCUT2D eigenvalue weighted by atomic mass is 10.3. The van der Waals surface area contributed by atoms with E-state index in [2.05, 4.69) is 5.10 Å². The lowest BCUT2D eigenvalue weighted by Crippen LogP contribution is -2.16. The van der Waals surface area contributed by atoms with E-state index in [1.807, 2.05) is 6.92 Å². The number of hydrogen-bond donors (Lipinski definition) is 1. The quantitative estimate of drug-likeness (QED) is 0.778. The topological polar surface area (TPSA) is 78.0 Å². The molecule has 0 aliphatic heterocycles. The van der Waals surface area contributed by atoms with Gasteiger partial charge in [0.2, 0.25) is 0 Å². The fourth-order valence-electron chi connectivity index (χ4n) is 1.28. The predicted molar refractivity (Wildman–Crippen MR) is 59.2 cm³/mol. The Morgan fingerprint density at radius 2 is 2.20 bits per heavy atom. The minimum atomic E-state index is -2.92. The summed E-state index contributed by atoms with van der Waals surface area (Å²) in [6.45, 7) is 4.39. The van der Waals surface area contributed by atoms with Crippen LogP contribution in [0.1, 0.15) is 18.2 Å². The Balaban J connectivity index is 2.70. The monoisotopic (exact) mass is 231 g/mol. The number of aromatic nitrogens is 2. The molecule has 1 aromatic rings. The minimum absolute atomic E-state index is 0.135. The van der Waals surface area contributed by atoms with E-state index < -0.39 is 9.84 Å². The van der Waals surface area contributed by atoms with Gasteiger partial charge in [-0.1, -0.05) is 6.92 Å². The highest BCUT2D eigenvalue weighted by atomic mass is 32.2. The van der Waals surface area contributed by atoms with E-state index >= 15 is 0 Å². The molecule has 0 radical (unpaired) electrons. The molecule has 86 valence electrons. The minimum Gasteiger partial charge on any atom is -0.326 e. The van der Waals surface area contributed by atoms with E-state index in [1.54, 1.807) is 17.8 Å². The summed E-state index contributed by atoms with van der Waals surface area (Å²) in [5.41, 5.74) is 7.41. The average molecular weight is 231 g/mol. The summed E-state index contributed by atoms with van der Waals surface area (Å²) in [5.74, 6) is 0.313. The third-order valence-corrected chi connectivity index (χ3v) is 4.16. The second kappa shape index (κ2) is 4.76. The van der Waals surface area contributed by atoms with Gasteiger partial charge >= 0.3 is 0 Å². The molecule has 15 heavy (non-hydrogen) atoms. The molecule has 0 aliphatic rings. The third kappa shape index (κ3) is 3.04. The molecule has 0 aliphatic carbocycles. The maximum absolute atomic E-state index is 11.3. The first-order valence-electron chi connectivity index (χ1n) is 4.92. The molecule has 0 spiro atoms. The van der Waals surface area contributed by atoms with E-state index in [4.69, 9.17) is 5.73 Å². The van der Waals surface area contributed by atoms with Crippen LogP contribution in [0.2, 0.25) is 0 Å². The van der Waals surface area contributed by atoms with Crippen molar-refractivity contribution in [1.82, 2.24) is 9.78 Å². The van der Waals surface area contributed by atoms with Crippen molar-refractivity contribution < 1.29 is 8.42 Å². The van der Waals surface area contributed by atoms with Gasteiger partial charge in [-0.3, -0.25) is 4.68 Å². The zero-order valence-electron chi connectivity index (χ0n) is 9.10. The molecular weight excluding hydrogens is 214 g/mol. The Morgan fingerprint density at radius 1 is 1.53 bits per heavy atom. The maximum atomic E-state index is 11.3. The molecular formula is C9H17N3O2S. The van der Waals surface area contributed by atoms with E-state index in [0.29, 0.717) is 13.1 Å². The summed E-state index contributed by atoms with van der Waals surface area (Å²) in [7, 11) is -2.92. The fraction of sp³-hybridized carbons (Fsp3) is 0.667. The van der Waals surface area contributed by atoms with Crippen LogP contribution >= 0.6 is 0 Å². The van der Waals surface area contributed by atoms with E-state index in [9.17, 15) is 8.42 Å². The fourth-order valence-corrected chi connectivity index (χ4v) is 2.02. The van der Waals surface area contributed by atoms with Crippen LogP contribution in [-0.4, -0.2) is 29.7 Å². The summed E-state index contributed by atoms with van der Waals surface area (Å²) in [4.78, 5) is 0. The maximum Gasteiger partial charge on any atom is 0.151 e. The molecule has 0 saturated heterocycles. The van der Waals surface area contributed by atoms with Gasteiger partial charge in [0.15, 0.2) is 9.84 Å². The van der Waals surface area contributed by atoms with Crippen molar-refractivity contribution in [3.63, 3.8) is 0 Å². The van der Waals surface area contributed by atoms with Gasteiger partial charge in [0.05, 0.1) is 18.5 Å². The Morgan fingerprint density at radius 3 is 2.67 bits per heavy atom. The van der Waals surface area contributed by atoms with Gasteiger partial charge in [-0.05, 0) is 6.92 Å². The molecule has 6 heteroatoms. The second-order valence-corrected chi connectivity index (χ2v) is 5.89.